The summed E-state index contributed by atoms with van der Waals surface area (Å²) in [6.07, 6.45) is -0.206. The van der Waals surface area contributed by atoms with Crippen LogP contribution >= 0.6 is 0 Å². The molecule has 0 radical (unpaired) electrons. The smallest absolute Gasteiger partial charge is 0.414 e. The summed E-state index contributed by atoms with van der Waals surface area (Å²) in [5.41, 5.74) is -0.173. The van der Waals surface area contributed by atoms with Crippen LogP contribution in [-0.2, 0) is 14.3 Å². The van der Waals surface area contributed by atoms with Gasteiger partial charge in [0.25, 0.3) is 5.91 Å². The van der Waals surface area contributed by atoms with Gasteiger partial charge < -0.3 is 34.4 Å². The van der Waals surface area contributed by atoms with Crippen LogP contribution in [0.4, 0.5) is 29.7 Å². The fourth-order valence-corrected chi connectivity index (χ4v) is 4.61. The van der Waals surface area contributed by atoms with Crippen molar-refractivity contribution in [2.24, 2.45) is 0 Å². The Morgan fingerprint density at radius 2 is 1.77 bits per heavy atom. The van der Waals surface area contributed by atoms with Gasteiger partial charge in [-0.2, -0.15) is 0 Å². The molecule has 0 bridgehead atoms. The predicted molar refractivity (Wildman–Crippen MR) is 134 cm³/mol. The van der Waals surface area contributed by atoms with E-state index in [1.165, 1.54) is 16.9 Å². The van der Waals surface area contributed by atoms with Gasteiger partial charge in [0.05, 0.1) is 32.4 Å². The van der Waals surface area contributed by atoms with Gasteiger partial charge in [0.1, 0.15) is 17.6 Å². The first-order valence-electron chi connectivity index (χ1n) is 12.8. The van der Waals surface area contributed by atoms with E-state index in [1.54, 1.807) is 6.07 Å². The van der Waals surface area contributed by atoms with Gasteiger partial charge in [-0.15, -0.1) is 0 Å². The van der Waals surface area contributed by atoms with Crippen molar-refractivity contribution < 1.29 is 42.0 Å². The Morgan fingerprint density at radius 3 is 2.42 bits per heavy atom. The number of piperazine rings is 1. The molecule has 15 heteroatoms. The number of nitrogens with one attached hydrogen (secondary N) is 2. The average molecular weight is 563 g/mol. The van der Waals surface area contributed by atoms with Crippen LogP contribution in [0, 0.1) is 11.6 Å². The fraction of sp³-hybridized carbons (Fsp3) is 0.480. The summed E-state index contributed by atoms with van der Waals surface area (Å²) in [7, 11) is 1.19. The second-order valence-corrected chi connectivity index (χ2v) is 9.69. The number of carbonyl (C=O) groups is 4. The SMILES string of the molecule is COC(=O)NC[C@H]1CN(c2cc(F)c(N3CCN(C(=O)CNC(=O)c4cc(C5CC5)on4)CC3)c(F)c2)C(=O)O1. The summed E-state index contributed by atoms with van der Waals surface area (Å²) >= 11 is 0. The van der Waals surface area contributed by atoms with Crippen molar-refractivity contribution in [3.8, 4) is 0 Å². The number of alkyl carbamates (subject to hydrolysis) is 1. The first-order chi connectivity index (χ1) is 19.2. The number of anilines is 2. The van der Waals surface area contributed by atoms with Crippen molar-refractivity contribution in [3.63, 3.8) is 0 Å². The zero-order chi connectivity index (χ0) is 28.4. The summed E-state index contributed by atoms with van der Waals surface area (Å²) < 4.78 is 44.9. The highest BCUT2D eigenvalue weighted by atomic mass is 19.1. The number of methoxy groups -OCH3 is 1. The van der Waals surface area contributed by atoms with E-state index >= 15 is 8.78 Å². The highest BCUT2D eigenvalue weighted by Crippen LogP contribution is 2.40. The summed E-state index contributed by atoms with van der Waals surface area (Å²) in [5, 5.41) is 8.68. The van der Waals surface area contributed by atoms with E-state index in [0.29, 0.717) is 11.7 Å². The molecule has 13 nitrogen and oxygen atoms in total. The highest BCUT2D eigenvalue weighted by molar-refractivity contribution is 5.95. The van der Waals surface area contributed by atoms with Gasteiger partial charge in [-0.05, 0) is 12.8 Å². The monoisotopic (exact) mass is 562 g/mol. The molecule has 214 valence electrons. The van der Waals surface area contributed by atoms with Crippen LogP contribution in [0.1, 0.15) is 35.0 Å². The maximum atomic E-state index is 15.1. The van der Waals surface area contributed by atoms with Gasteiger partial charge in [-0.3, -0.25) is 14.5 Å². The largest absolute Gasteiger partial charge is 0.453 e. The summed E-state index contributed by atoms with van der Waals surface area (Å²) in [5.74, 6) is -1.62. The molecule has 2 saturated heterocycles. The van der Waals surface area contributed by atoms with Crippen LogP contribution in [0.2, 0.25) is 0 Å². The van der Waals surface area contributed by atoms with Crippen LogP contribution in [0.15, 0.2) is 22.7 Å². The number of nitrogens with zero attached hydrogens (tertiary/aromatic N) is 4. The lowest BCUT2D eigenvalue weighted by molar-refractivity contribution is -0.130. The Bertz CT molecular complexity index is 1290. The topological polar surface area (TPSA) is 147 Å². The minimum atomic E-state index is -0.871. The second-order valence-electron chi connectivity index (χ2n) is 9.69. The standard InChI is InChI=1S/C25H28F2N6O7/c1-38-24(36)29-11-16-13-33(25(37)39-16)15-8-17(26)22(18(27)9-15)32-6-4-31(5-7-32)21(34)12-28-23(35)19-10-20(40-30-19)14-2-3-14/h8-10,14,16H,2-7,11-13H2,1H3,(H,28,35)(H,29,36)/t16-/m0/s1. The Hall–Kier alpha value is -4.43. The molecule has 3 heterocycles. The van der Waals surface area contributed by atoms with Gasteiger partial charge in [0.2, 0.25) is 5.91 Å². The molecular weight excluding hydrogens is 534 g/mol. The Labute approximate surface area is 227 Å². The van der Waals surface area contributed by atoms with E-state index in [9.17, 15) is 19.2 Å². The third kappa shape index (κ3) is 5.92. The van der Waals surface area contributed by atoms with Gasteiger partial charge in [-0.1, -0.05) is 5.16 Å². The van der Waals surface area contributed by atoms with Crippen molar-refractivity contribution in [1.29, 1.82) is 0 Å². The molecule has 0 unspecified atom stereocenters. The number of halogens is 2. The summed E-state index contributed by atoms with van der Waals surface area (Å²) in [4.78, 5) is 52.4. The van der Waals surface area contributed by atoms with E-state index in [1.807, 2.05) is 0 Å². The van der Waals surface area contributed by atoms with Crippen molar-refractivity contribution in [1.82, 2.24) is 20.7 Å². The first kappa shape index (κ1) is 27.1. The summed E-state index contributed by atoms with van der Waals surface area (Å²) in [6.45, 7) is 0.422. The number of ether oxygens (including phenoxy) is 2. The quantitative estimate of drug-likeness (QED) is 0.490. The predicted octanol–water partition coefficient (Wildman–Crippen LogP) is 1.59. The molecule has 1 aromatic heterocycles. The van der Waals surface area contributed by atoms with E-state index in [4.69, 9.17) is 9.26 Å². The number of benzene rings is 1. The van der Waals surface area contributed by atoms with Gasteiger partial charge >= 0.3 is 12.2 Å². The molecule has 3 aliphatic rings. The average Bonchev–Trinajstić information content (AvgIpc) is 3.55. The number of rotatable bonds is 8. The maximum absolute atomic E-state index is 15.1. The van der Waals surface area contributed by atoms with Crippen LogP contribution in [-0.4, -0.2) is 93.1 Å². The molecule has 3 fully saturated rings. The van der Waals surface area contributed by atoms with Gasteiger partial charge in [0.15, 0.2) is 17.3 Å². The fourth-order valence-electron chi connectivity index (χ4n) is 4.61. The van der Waals surface area contributed by atoms with Crippen LogP contribution < -0.4 is 20.4 Å². The number of carbonyl (C=O) groups excluding carboxylic acids is 4. The van der Waals surface area contributed by atoms with Gasteiger partial charge in [0, 0.05) is 50.3 Å². The Morgan fingerprint density at radius 1 is 1.07 bits per heavy atom. The third-order valence-electron chi connectivity index (χ3n) is 6.94. The third-order valence-corrected chi connectivity index (χ3v) is 6.94. The molecule has 1 saturated carbocycles. The molecular formula is C25H28F2N6O7. The molecule has 2 N–H and O–H groups in total. The second kappa shape index (κ2) is 11.4. The minimum Gasteiger partial charge on any atom is -0.453 e. The van der Waals surface area contributed by atoms with Crippen LogP contribution in [0.25, 0.3) is 0 Å². The molecule has 0 spiro atoms. The maximum Gasteiger partial charge on any atom is 0.414 e. The normalized spacial score (nSPS) is 18.9. The lowest BCUT2D eigenvalue weighted by atomic mass is 10.2. The molecule has 2 aliphatic heterocycles. The molecule has 40 heavy (non-hydrogen) atoms. The van der Waals surface area contributed by atoms with Crippen molar-refractivity contribution in [2.45, 2.75) is 24.9 Å². The van der Waals surface area contributed by atoms with Crippen molar-refractivity contribution in [3.05, 3.63) is 41.3 Å². The summed E-state index contributed by atoms with van der Waals surface area (Å²) in [6, 6.07) is 3.67. The number of amides is 4. The highest BCUT2D eigenvalue weighted by Gasteiger charge is 2.34. The molecule has 1 aromatic carbocycles. The molecule has 1 atom stereocenters. The zero-order valence-electron chi connectivity index (χ0n) is 21.7. The van der Waals surface area contributed by atoms with Crippen LogP contribution in [0.5, 0.6) is 0 Å². The van der Waals surface area contributed by atoms with E-state index in [-0.39, 0.29) is 68.8 Å². The number of hydrogen-bond acceptors (Lipinski definition) is 9. The first-order valence-corrected chi connectivity index (χ1v) is 12.8. The van der Waals surface area contributed by atoms with E-state index in [2.05, 4.69) is 20.5 Å². The van der Waals surface area contributed by atoms with Crippen molar-refractivity contribution in [2.75, 3.05) is 62.7 Å². The number of aromatic nitrogens is 1. The molecule has 5 rings (SSSR count). The van der Waals surface area contributed by atoms with Crippen molar-refractivity contribution >= 4 is 35.4 Å². The number of cyclic esters (lactones) is 1. The van der Waals surface area contributed by atoms with Gasteiger partial charge in [-0.25, -0.2) is 18.4 Å². The lowest BCUT2D eigenvalue weighted by Crippen LogP contribution is -2.51. The number of hydrogen-bond donors (Lipinski definition) is 2. The van der Waals surface area contributed by atoms with E-state index < -0.39 is 35.8 Å². The minimum absolute atomic E-state index is 0.0171. The van der Waals surface area contributed by atoms with Crippen LogP contribution in [0.3, 0.4) is 0 Å². The zero-order valence-corrected chi connectivity index (χ0v) is 21.7. The Kier molecular flexibility index (Phi) is 7.71. The molecule has 2 aromatic rings. The Balaban J connectivity index is 1.13. The molecule has 4 amide bonds. The van der Waals surface area contributed by atoms with E-state index in [0.717, 1.165) is 29.9 Å². The lowest BCUT2D eigenvalue weighted by Gasteiger charge is -2.36. The molecule has 1 aliphatic carbocycles.